The smallest absolute Gasteiger partial charge is 0.407 e. The lowest BCUT2D eigenvalue weighted by Crippen LogP contribution is -2.44. The Hall–Kier alpha value is -2.97. The Morgan fingerprint density at radius 2 is 1.94 bits per heavy atom. The fourth-order valence-corrected chi connectivity index (χ4v) is 4.43. The lowest BCUT2D eigenvalue weighted by atomic mass is 9.91. The molecule has 0 saturated carbocycles. The molecule has 2 unspecified atom stereocenters. The van der Waals surface area contributed by atoms with Crippen molar-refractivity contribution >= 4 is 34.3 Å². The van der Waals surface area contributed by atoms with Gasteiger partial charge in [0.2, 0.25) is 0 Å². The van der Waals surface area contributed by atoms with Crippen molar-refractivity contribution in [3.05, 3.63) is 47.6 Å². The lowest BCUT2D eigenvalue weighted by Gasteiger charge is -2.35. The quantitative estimate of drug-likeness (QED) is 0.493. The number of fused-ring (bicyclic) bond motifs is 1. The summed E-state index contributed by atoms with van der Waals surface area (Å²) in [6.45, 7) is 6.43. The average Bonchev–Trinajstić information content (AvgIpc) is 2.80. The van der Waals surface area contributed by atoms with Crippen molar-refractivity contribution in [3.8, 4) is 11.1 Å². The van der Waals surface area contributed by atoms with Crippen LogP contribution in [0.5, 0.6) is 0 Å². The van der Waals surface area contributed by atoms with E-state index in [0.29, 0.717) is 23.9 Å². The molecule has 2 atom stereocenters. The number of likely N-dealkylation sites (tertiary alicyclic amines) is 1. The van der Waals surface area contributed by atoms with E-state index >= 15 is 0 Å². The number of hydrogen-bond donors (Lipinski definition) is 3. The number of piperidine rings is 1. The van der Waals surface area contributed by atoms with Crippen LogP contribution in [-0.4, -0.2) is 55.3 Å². The molecule has 3 aromatic rings. The van der Waals surface area contributed by atoms with Crippen molar-refractivity contribution in [3.63, 3.8) is 0 Å². The van der Waals surface area contributed by atoms with Gasteiger partial charge in [0.15, 0.2) is 5.82 Å². The SMILES string of the molecule is CC(Nc1c(Cl)cnc2ccc(-c3cnc(C(C)(C)O)nc3)cc12)C1CCCN(C(=O)O)C1. The third-order valence-electron chi connectivity index (χ3n) is 6.16. The molecular formula is C24H28ClN5O3. The minimum Gasteiger partial charge on any atom is -0.465 e. The number of nitrogens with one attached hydrogen (secondary N) is 1. The Morgan fingerprint density at radius 1 is 1.21 bits per heavy atom. The van der Waals surface area contributed by atoms with Crippen LogP contribution in [0.3, 0.4) is 0 Å². The summed E-state index contributed by atoms with van der Waals surface area (Å²) >= 11 is 6.55. The third kappa shape index (κ3) is 5.02. The fourth-order valence-electron chi connectivity index (χ4n) is 4.22. The van der Waals surface area contributed by atoms with Gasteiger partial charge >= 0.3 is 6.09 Å². The first-order valence-corrected chi connectivity index (χ1v) is 11.4. The Kier molecular flexibility index (Phi) is 6.41. The number of anilines is 1. The van der Waals surface area contributed by atoms with Gasteiger partial charge in [-0.3, -0.25) is 4.98 Å². The Labute approximate surface area is 197 Å². The zero-order valence-electron chi connectivity index (χ0n) is 18.9. The van der Waals surface area contributed by atoms with Crippen LogP contribution in [0.4, 0.5) is 10.5 Å². The first-order chi connectivity index (χ1) is 15.6. The molecule has 174 valence electrons. The van der Waals surface area contributed by atoms with Crippen molar-refractivity contribution in [2.24, 2.45) is 5.92 Å². The fraction of sp³-hybridized carbons (Fsp3) is 0.417. The first kappa shape index (κ1) is 23.2. The van der Waals surface area contributed by atoms with Crippen LogP contribution in [0.1, 0.15) is 39.4 Å². The Bertz CT molecular complexity index is 1160. The average molecular weight is 470 g/mol. The Morgan fingerprint density at radius 3 is 2.61 bits per heavy atom. The molecule has 4 rings (SSSR count). The monoisotopic (exact) mass is 469 g/mol. The summed E-state index contributed by atoms with van der Waals surface area (Å²) in [7, 11) is 0. The summed E-state index contributed by atoms with van der Waals surface area (Å²) < 4.78 is 0. The van der Waals surface area contributed by atoms with E-state index in [0.717, 1.165) is 40.6 Å². The molecule has 0 aliphatic carbocycles. The molecule has 1 amide bonds. The molecule has 1 saturated heterocycles. The number of hydrogen-bond acceptors (Lipinski definition) is 6. The van der Waals surface area contributed by atoms with Gasteiger partial charge in [-0.25, -0.2) is 14.8 Å². The molecule has 2 aromatic heterocycles. The van der Waals surface area contributed by atoms with Crippen LogP contribution in [0.15, 0.2) is 36.8 Å². The zero-order valence-corrected chi connectivity index (χ0v) is 19.7. The molecule has 0 bridgehead atoms. The molecule has 1 aliphatic heterocycles. The lowest BCUT2D eigenvalue weighted by molar-refractivity contribution is 0.0687. The van der Waals surface area contributed by atoms with Crippen LogP contribution in [0.2, 0.25) is 5.02 Å². The minimum absolute atomic E-state index is 0.0216. The minimum atomic E-state index is -1.11. The number of carbonyl (C=O) groups is 1. The second-order valence-corrected chi connectivity index (χ2v) is 9.54. The van der Waals surface area contributed by atoms with Gasteiger partial charge in [-0.15, -0.1) is 0 Å². The summed E-state index contributed by atoms with van der Waals surface area (Å²) in [4.78, 5) is 26.0. The number of carboxylic acid groups (broad SMARTS) is 1. The van der Waals surface area contributed by atoms with Gasteiger partial charge in [0.25, 0.3) is 0 Å². The topological polar surface area (TPSA) is 111 Å². The van der Waals surface area contributed by atoms with E-state index in [4.69, 9.17) is 11.6 Å². The summed E-state index contributed by atoms with van der Waals surface area (Å²) in [5.74, 6) is 0.538. The van der Waals surface area contributed by atoms with E-state index in [2.05, 4.69) is 27.2 Å². The maximum atomic E-state index is 11.4. The number of aliphatic hydroxyl groups is 1. The van der Waals surface area contributed by atoms with Crippen LogP contribution < -0.4 is 5.32 Å². The highest BCUT2D eigenvalue weighted by Crippen LogP contribution is 2.34. The van der Waals surface area contributed by atoms with E-state index in [1.54, 1.807) is 32.4 Å². The number of rotatable bonds is 5. The second kappa shape index (κ2) is 9.11. The molecule has 8 nitrogen and oxygen atoms in total. The maximum Gasteiger partial charge on any atom is 0.407 e. The van der Waals surface area contributed by atoms with Gasteiger partial charge in [0.05, 0.1) is 16.2 Å². The summed E-state index contributed by atoms with van der Waals surface area (Å²) in [5.41, 5.74) is 2.18. The van der Waals surface area contributed by atoms with Crippen molar-refractivity contribution in [2.75, 3.05) is 18.4 Å². The second-order valence-electron chi connectivity index (χ2n) is 9.13. The van der Waals surface area contributed by atoms with E-state index < -0.39 is 11.7 Å². The van der Waals surface area contributed by atoms with Crippen LogP contribution >= 0.6 is 11.6 Å². The standard InChI is InChI=1S/C24H28ClN5O3/c1-14(16-5-4-8-30(13-16)23(31)32)29-21-18-9-15(6-7-20(18)26-12-19(21)25)17-10-27-22(28-11-17)24(2,3)33/h6-7,9-12,14,16,33H,4-5,8,13H2,1-3H3,(H,26,29)(H,31,32). The molecule has 0 spiro atoms. The predicted octanol–water partition coefficient (Wildman–Crippen LogP) is 4.76. The molecule has 1 aliphatic rings. The number of aromatic nitrogens is 3. The van der Waals surface area contributed by atoms with Crippen molar-refractivity contribution in [2.45, 2.75) is 45.3 Å². The molecule has 33 heavy (non-hydrogen) atoms. The highest BCUT2D eigenvalue weighted by atomic mass is 35.5. The van der Waals surface area contributed by atoms with E-state index in [-0.39, 0.29) is 12.0 Å². The highest BCUT2D eigenvalue weighted by molar-refractivity contribution is 6.34. The van der Waals surface area contributed by atoms with Crippen molar-refractivity contribution in [1.29, 1.82) is 0 Å². The number of benzene rings is 1. The number of amides is 1. The predicted molar refractivity (Wildman–Crippen MR) is 128 cm³/mol. The summed E-state index contributed by atoms with van der Waals surface area (Å²) in [6.07, 6.45) is 5.94. The van der Waals surface area contributed by atoms with Gasteiger partial charge in [0, 0.05) is 48.7 Å². The van der Waals surface area contributed by atoms with E-state index in [1.165, 1.54) is 4.90 Å². The van der Waals surface area contributed by atoms with Crippen LogP contribution in [0, 0.1) is 5.92 Å². The number of pyridine rings is 1. The normalized spacial score (nSPS) is 17.7. The van der Waals surface area contributed by atoms with Gasteiger partial charge < -0.3 is 20.4 Å². The highest BCUT2D eigenvalue weighted by Gasteiger charge is 2.28. The molecular weight excluding hydrogens is 442 g/mol. The molecule has 3 heterocycles. The molecule has 3 N–H and O–H groups in total. The van der Waals surface area contributed by atoms with Gasteiger partial charge in [-0.2, -0.15) is 0 Å². The number of nitrogens with zero attached hydrogens (tertiary/aromatic N) is 4. The molecule has 1 aromatic carbocycles. The van der Waals surface area contributed by atoms with Crippen molar-refractivity contribution in [1.82, 2.24) is 19.9 Å². The van der Waals surface area contributed by atoms with Crippen LogP contribution in [0.25, 0.3) is 22.0 Å². The molecule has 9 heteroatoms. The van der Waals surface area contributed by atoms with Gasteiger partial charge in [0.1, 0.15) is 5.60 Å². The molecule has 1 fully saturated rings. The largest absolute Gasteiger partial charge is 0.465 e. The van der Waals surface area contributed by atoms with E-state index in [1.807, 2.05) is 18.2 Å². The molecule has 0 radical (unpaired) electrons. The van der Waals surface area contributed by atoms with E-state index in [9.17, 15) is 15.0 Å². The summed E-state index contributed by atoms with van der Waals surface area (Å²) in [6, 6.07) is 5.89. The first-order valence-electron chi connectivity index (χ1n) is 11.0. The van der Waals surface area contributed by atoms with Crippen molar-refractivity contribution < 1.29 is 15.0 Å². The summed E-state index contributed by atoms with van der Waals surface area (Å²) in [5, 5.41) is 24.4. The Balaban J connectivity index is 1.64. The van der Waals surface area contributed by atoms with Crippen LogP contribution in [-0.2, 0) is 5.60 Å². The number of halogens is 1. The van der Waals surface area contributed by atoms with Gasteiger partial charge in [-0.1, -0.05) is 17.7 Å². The zero-order chi connectivity index (χ0) is 23.8. The van der Waals surface area contributed by atoms with Gasteiger partial charge in [-0.05, 0) is 57.2 Å². The third-order valence-corrected chi connectivity index (χ3v) is 6.45. The maximum absolute atomic E-state index is 11.4.